The molecule has 0 atom stereocenters. The van der Waals surface area contributed by atoms with E-state index in [1.54, 1.807) is 42.5 Å². The molecule has 0 spiro atoms. The minimum Gasteiger partial charge on any atom is -0.311 e. The zero-order valence-corrected chi connectivity index (χ0v) is 23.1. The lowest BCUT2D eigenvalue weighted by Gasteiger charge is -2.16. The average molecular weight is 552 g/mol. The summed E-state index contributed by atoms with van der Waals surface area (Å²) in [7, 11) is -4.30. The molecular formula is C27H29N5O6S. The number of hydrogen-bond acceptors (Lipinski definition) is 8. The third-order valence-electron chi connectivity index (χ3n) is 6.01. The molecular weight excluding hydrogens is 522 g/mol. The predicted octanol–water partition coefficient (Wildman–Crippen LogP) is 3.70. The van der Waals surface area contributed by atoms with Crippen LogP contribution in [-0.2, 0) is 24.6 Å². The van der Waals surface area contributed by atoms with Crippen LogP contribution >= 0.6 is 0 Å². The summed E-state index contributed by atoms with van der Waals surface area (Å²) in [6.07, 6.45) is -0.118. The van der Waals surface area contributed by atoms with Gasteiger partial charge in [0.05, 0.1) is 16.8 Å². The quantitative estimate of drug-likeness (QED) is 0.204. The normalized spacial score (nSPS) is 14.0. The molecule has 1 aliphatic rings. The molecule has 1 aromatic heterocycles. The third kappa shape index (κ3) is 5.90. The van der Waals surface area contributed by atoms with Crippen LogP contribution in [-0.4, -0.2) is 53.2 Å². The van der Waals surface area contributed by atoms with Crippen molar-refractivity contribution in [2.75, 3.05) is 11.9 Å². The van der Waals surface area contributed by atoms with Gasteiger partial charge < -0.3 is 5.32 Å². The Bertz CT molecular complexity index is 1550. The number of benzene rings is 2. The highest BCUT2D eigenvalue weighted by Gasteiger charge is 2.35. The second kappa shape index (κ2) is 10.4. The Kier molecular flexibility index (Phi) is 7.42. The highest BCUT2D eigenvalue weighted by Crippen LogP contribution is 2.26. The summed E-state index contributed by atoms with van der Waals surface area (Å²) >= 11 is 0. The van der Waals surface area contributed by atoms with E-state index in [0.29, 0.717) is 5.69 Å². The van der Waals surface area contributed by atoms with Gasteiger partial charge in [0.15, 0.2) is 5.84 Å². The van der Waals surface area contributed by atoms with Crippen molar-refractivity contribution in [3.63, 3.8) is 0 Å². The highest BCUT2D eigenvalue weighted by atomic mass is 32.2. The number of nitrogens with one attached hydrogen (secondary N) is 1. The van der Waals surface area contributed by atoms with Gasteiger partial charge in [-0.2, -0.15) is 18.2 Å². The molecule has 39 heavy (non-hydrogen) atoms. The predicted molar refractivity (Wildman–Crippen MR) is 144 cm³/mol. The largest absolute Gasteiger partial charge is 0.358 e. The molecule has 0 saturated carbocycles. The molecule has 204 valence electrons. The number of fused-ring (bicyclic) bond motifs is 1. The Balaban J connectivity index is 1.72. The Morgan fingerprint density at radius 1 is 1.03 bits per heavy atom. The number of carbonyl (C=O) groups excluding carboxylic acids is 3. The van der Waals surface area contributed by atoms with E-state index < -0.39 is 27.3 Å². The van der Waals surface area contributed by atoms with Crippen molar-refractivity contribution >= 4 is 39.5 Å². The Labute approximate surface area is 226 Å². The van der Waals surface area contributed by atoms with Crippen molar-refractivity contribution in [2.45, 2.75) is 51.3 Å². The van der Waals surface area contributed by atoms with Gasteiger partial charge in [0, 0.05) is 31.4 Å². The van der Waals surface area contributed by atoms with Crippen LogP contribution in [0.1, 0.15) is 66.1 Å². The van der Waals surface area contributed by atoms with Crippen LogP contribution in [0, 0.1) is 6.92 Å². The third-order valence-corrected chi connectivity index (χ3v) is 7.13. The molecule has 0 fully saturated rings. The van der Waals surface area contributed by atoms with Crippen LogP contribution in [0.4, 0.5) is 5.82 Å². The van der Waals surface area contributed by atoms with E-state index in [1.165, 1.54) is 23.7 Å². The van der Waals surface area contributed by atoms with E-state index in [0.717, 1.165) is 10.5 Å². The van der Waals surface area contributed by atoms with Crippen molar-refractivity contribution in [1.29, 1.82) is 0 Å². The van der Waals surface area contributed by atoms with Crippen LogP contribution < -0.4 is 5.32 Å². The van der Waals surface area contributed by atoms with Crippen LogP contribution in [0.3, 0.4) is 0 Å². The molecule has 0 radical (unpaired) electrons. The van der Waals surface area contributed by atoms with Gasteiger partial charge >= 0.3 is 10.1 Å². The number of carbonyl (C=O) groups is 3. The Morgan fingerprint density at radius 2 is 1.62 bits per heavy atom. The number of hydrogen-bond donors (Lipinski definition) is 1. The molecule has 0 saturated heterocycles. The van der Waals surface area contributed by atoms with Gasteiger partial charge in [-0.1, -0.05) is 50.6 Å². The first-order valence-electron chi connectivity index (χ1n) is 12.2. The minimum absolute atomic E-state index is 0.0403. The first-order valence-corrected chi connectivity index (χ1v) is 13.6. The molecule has 1 aliphatic heterocycles. The summed E-state index contributed by atoms with van der Waals surface area (Å²) in [5, 5.41) is 11.1. The maximum Gasteiger partial charge on any atom is 0.358 e. The molecule has 4 rings (SSSR count). The van der Waals surface area contributed by atoms with Crippen LogP contribution in [0.25, 0.3) is 0 Å². The number of rotatable bonds is 7. The molecule has 0 unspecified atom stereocenters. The fourth-order valence-corrected chi connectivity index (χ4v) is 4.64. The van der Waals surface area contributed by atoms with Crippen molar-refractivity contribution in [1.82, 2.24) is 14.7 Å². The smallest absolute Gasteiger partial charge is 0.311 e. The first-order chi connectivity index (χ1) is 18.3. The Morgan fingerprint density at radius 3 is 2.15 bits per heavy atom. The molecule has 2 aromatic carbocycles. The second-order valence-corrected chi connectivity index (χ2v) is 11.7. The number of aromatic nitrogens is 2. The van der Waals surface area contributed by atoms with E-state index in [1.807, 2.05) is 27.7 Å². The first kappa shape index (κ1) is 27.7. The molecule has 12 heteroatoms. The molecule has 3 amide bonds. The van der Waals surface area contributed by atoms with Crippen molar-refractivity contribution < 1.29 is 27.1 Å². The summed E-state index contributed by atoms with van der Waals surface area (Å²) in [4.78, 5) is 38.7. The minimum atomic E-state index is -4.30. The summed E-state index contributed by atoms with van der Waals surface area (Å²) < 4.78 is 32.1. The van der Waals surface area contributed by atoms with Gasteiger partial charge in [-0.25, -0.2) is 0 Å². The van der Waals surface area contributed by atoms with Crippen molar-refractivity contribution in [3.8, 4) is 0 Å². The number of nitrogens with zero attached hydrogens (tertiary/aromatic N) is 4. The average Bonchev–Trinajstić information content (AvgIpc) is 3.39. The maximum atomic E-state index is 12.9. The molecule has 11 nitrogen and oxygen atoms in total. The SMILES string of the molecule is CC(=O)Nc1cc(C(C)(C)C)nn1/C(CCN1C(=O)c2ccccc2C1=O)=N/OS(=O)(=O)c1ccc(C)cc1. The van der Waals surface area contributed by atoms with E-state index in [9.17, 15) is 22.8 Å². The van der Waals surface area contributed by atoms with Crippen LogP contribution in [0.5, 0.6) is 0 Å². The van der Waals surface area contributed by atoms with Gasteiger partial charge in [0.1, 0.15) is 10.7 Å². The lowest BCUT2D eigenvalue weighted by molar-refractivity contribution is -0.114. The topological polar surface area (TPSA) is 140 Å². The van der Waals surface area contributed by atoms with Crippen LogP contribution in [0.2, 0.25) is 0 Å². The molecule has 0 aliphatic carbocycles. The van der Waals surface area contributed by atoms with E-state index in [-0.39, 0.29) is 46.5 Å². The maximum absolute atomic E-state index is 12.9. The number of oxime groups is 1. The van der Waals surface area contributed by atoms with Crippen LogP contribution in [0.15, 0.2) is 64.6 Å². The number of anilines is 1. The monoisotopic (exact) mass is 551 g/mol. The number of aryl methyl sites for hydroxylation is 1. The van der Waals surface area contributed by atoms with Gasteiger partial charge in [0.25, 0.3) is 11.8 Å². The summed E-state index contributed by atoms with van der Waals surface area (Å²) in [6, 6.07) is 14.2. The number of amides is 3. The van der Waals surface area contributed by atoms with Crippen molar-refractivity contribution in [3.05, 3.63) is 77.0 Å². The van der Waals surface area contributed by atoms with Gasteiger partial charge in [-0.15, -0.1) is 0 Å². The van der Waals surface area contributed by atoms with Gasteiger partial charge in [0.2, 0.25) is 5.91 Å². The van der Waals surface area contributed by atoms with E-state index >= 15 is 0 Å². The van der Waals surface area contributed by atoms with E-state index in [4.69, 9.17) is 4.28 Å². The molecule has 3 aromatic rings. The molecule has 0 bridgehead atoms. The summed E-state index contributed by atoms with van der Waals surface area (Å²) in [5.74, 6) is -1.14. The summed E-state index contributed by atoms with van der Waals surface area (Å²) in [5.41, 5.74) is 1.59. The Hall–Kier alpha value is -4.32. The van der Waals surface area contributed by atoms with Crippen molar-refractivity contribution in [2.24, 2.45) is 5.16 Å². The number of imide groups is 1. The zero-order valence-electron chi connectivity index (χ0n) is 22.3. The zero-order chi connectivity index (χ0) is 28.5. The molecule has 1 N–H and O–H groups in total. The lowest BCUT2D eigenvalue weighted by atomic mass is 9.92. The van der Waals surface area contributed by atoms with Gasteiger partial charge in [-0.3, -0.25) is 23.6 Å². The fourth-order valence-electron chi connectivity index (χ4n) is 3.90. The van der Waals surface area contributed by atoms with E-state index in [2.05, 4.69) is 15.6 Å². The fraction of sp³-hybridized carbons (Fsp3) is 0.296. The second-order valence-electron chi connectivity index (χ2n) is 10.2. The lowest BCUT2D eigenvalue weighted by Crippen LogP contribution is -2.33. The highest BCUT2D eigenvalue weighted by molar-refractivity contribution is 7.86. The molecule has 2 heterocycles. The summed E-state index contributed by atoms with van der Waals surface area (Å²) in [6.45, 7) is 8.77. The van der Waals surface area contributed by atoms with Gasteiger partial charge in [-0.05, 0) is 36.3 Å². The standard InChI is InChI=1S/C27H29N5O6S/c1-17-10-12-19(13-11-17)39(36,37)38-30-23(32-24(28-18(2)33)16-22(29-32)27(3,4)5)14-15-31-25(34)20-8-6-7-9-21(20)26(31)35/h6-13,16H,14-15H2,1-5H3,(H,28,33)/b30-23+.